The van der Waals surface area contributed by atoms with Crippen LogP contribution in [0, 0.1) is 0 Å². The van der Waals surface area contributed by atoms with E-state index in [9.17, 15) is 4.79 Å². The van der Waals surface area contributed by atoms with Gasteiger partial charge in [0.1, 0.15) is 6.10 Å². The van der Waals surface area contributed by atoms with E-state index in [1.54, 1.807) is 0 Å². The summed E-state index contributed by atoms with van der Waals surface area (Å²) in [6.07, 6.45) is 1.38. The third kappa shape index (κ3) is 4.02. The molecule has 2 aromatic carbocycles. The van der Waals surface area contributed by atoms with Crippen LogP contribution in [0.1, 0.15) is 48.7 Å². The van der Waals surface area contributed by atoms with E-state index in [-0.39, 0.29) is 11.9 Å². The highest BCUT2D eigenvalue weighted by Gasteiger charge is 2.25. The molecule has 0 saturated carbocycles. The molecule has 1 atom stereocenters. The van der Waals surface area contributed by atoms with Crippen LogP contribution in [0.15, 0.2) is 60.7 Å². The summed E-state index contributed by atoms with van der Waals surface area (Å²) in [6.45, 7) is 4.17. The third-order valence-corrected chi connectivity index (χ3v) is 3.64. The van der Waals surface area contributed by atoms with Gasteiger partial charge in [-0.3, -0.25) is 4.79 Å². The van der Waals surface area contributed by atoms with Crippen molar-refractivity contribution in [2.75, 3.05) is 0 Å². The van der Waals surface area contributed by atoms with Gasteiger partial charge in [0.05, 0.1) is 6.10 Å². The number of hydrogen-bond acceptors (Lipinski definition) is 2. The fourth-order valence-electron chi connectivity index (χ4n) is 2.35. The minimum absolute atomic E-state index is 0.0219. The fourth-order valence-corrected chi connectivity index (χ4v) is 2.35. The quantitative estimate of drug-likeness (QED) is 0.681. The van der Waals surface area contributed by atoms with E-state index >= 15 is 0 Å². The molecule has 110 valence electrons. The first-order chi connectivity index (χ1) is 10.3. The summed E-state index contributed by atoms with van der Waals surface area (Å²) < 4.78 is 6.10. The summed E-state index contributed by atoms with van der Waals surface area (Å²) in [6, 6.07) is 19.1. The summed E-state index contributed by atoms with van der Waals surface area (Å²) in [7, 11) is 0. The number of hydrogen-bond donors (Lipinski definition) is 0. The Kier molecular flexibility index (Phi) is 5.70. The highest BCUT2D eigenvalue weighted by Crippen LogP contribution is 2.25. The van der Waals surface area contributed by atoms with Gasteiger partial charge < -0.3 is 4.74 Å². The van der Waals surface area contributed by atoms with Gasteiger partial charge in [-0.1, -0.05) is 74.5 Å². The number of ketones is 1. The Morgan fingerprint density at radius 2 is 1.43 bits per heavy atom. The average molecular weight is 282 g/mol. The lowest BCUT2D eigenvalue weighted by Crippen LogP contribution is -2.22. The lowest BCUT2D eigenvalue weighted by atomic mass is 9.99. The second-order valence-corrected chi connectivity index (χ2v) is 5.10. The normalized spacial score (nSPS) is 12.3. The Labute approximate surface area is 126 Å². The zero-order valence-electron chi connectivity index (χ0n) is 12.7. The molecule has 21 heavy (non-hydrogen) atoms. The molecule has 2 heteroatoms. The van der Waals surface area contributed by atoms with Crippen molar-refractivity contribution in [2.24, 2.45) is 0 Å². The Balaban J connectivity index is 2.30. The lowest BCUT2D eigenvalue weighted by molar-refractivity contribution is -0.00743. The summed E-state index contributed by atoms with van der Waals surface area (Å²) in [5.74, 6) is 0.0219. The van der Waals surface area contributed by atoms with Crippen molar-refractivity contribution >= 4 is 5.78 Å². The first-order valence-electron chi connectivity index (χ1n) is 7.55. The van der Waals surface area contributed by atoms with Crippen molar-refractivity contribution in [3.05, 3.63) is 71.8 Å². The van der Waals surface area contributed by atoms with Crippen molar-refractivity contribution in [1.82, 2.24) is 0 Å². The van der Waals surface area contributed by atoms with Crippen molar-refractivity contribution < 1.29 is 9.53 Å². The summed E-state index contributed by atoms with van der Waals surface area (Å²) >= 11 is 0. The number of carbonyl (C=O) groups is 1. The van der Waals surface area contributed by atoms with Crippen molar-refractivity contribution in [2.45, 2.75) is 38.9 Å². The second-order valence-electron chi connectivity index (χ2n) is 5.10. The minimum atomic E-state index is -0.529. The van der Waals surface area contributed by atoms with Crippen LogP contribution < -0.4 is 0 Å². The van der Waals surface area contributed by atoms with Crippen molar-refractivity contribution in [3.8, 4) is 0 Å². The highest BCUT2D eigenvalue weighted by molar-refractivity contribution is 6.00. The van der Waals surface area contributed by atoms with Crippen LogP contribution in [0.2, 0.25) is 0 Å². The largest absolute Gasteiger partial charge is 0.362 e. The van der Waals surface area contributed by atoms with Gasteiger partial charge in [0.15, 0.2) is 5.78 Å². The lowest BCUT2D eigenvalue weighted by Gasteiger charge is -2.23. The van der Waals surface area contributed by atoms with Crippen LogP contribution in [0.5, 0.6) is 0 Å². The molecule has 0 spiro atoms. The first-order valence-corrected chi connectivity index (χ1v) is 7.55. The van der Waals surface area contributed by atoms with Gasteiger partial charge in [-0.25, -0.2) is 0 Å². The van der Waals surface area contributed by atoms with Crippen LogP contribution in [0.4, 0.5) is 0 Å². The summed E-state index contributed by atoms with van der Waals surface area (Å²) in [4.78, 5) is 12.8. The molecule has 0 N–H and O–H groups in total. The van der Waals surface area contributed by atoms with Gasteiger partial charge in [-0.15, -0.1) is 0 Å². The van der Waals surface area contributed by atoms with E-state index in [4.69, 9.17) is 4.74 Å². The zero-order valence-corrected chi connectivity index (χ0v) is 12.7. The van der Waals surface area contributed by atoms with Gasteiger partial charge in [0, 0.05) is 5.56 Å². The predicted molar refractivity (Wildman–Crippen MR) is 85.4 cm³/mol. The van der Waals surface area contributed by atoms with E-state index < -0.39 is 6.10 Å². The number of Topliss-reactive ketones (excluding diaryl/α,β-unsaturated/α-hetero) is 1. The number of carbonyl (C=O) groups excluding carboxylic acids is 1. The molecule has 0 fully saturated rings. The van der Waals surface area contributed by atoms with Crippen LogP contribution in [-0.2, 0) is 4.74 Å². The molecule has 0 aliphatic heterocycles. The number of benzene rings is 2. The molecular weight excluding hydrogens is 260 g/mol. The molecule has 0 aliphatic rings. The van der Waals surface area contributed by atoms with E-state index in [2.05, 4.69) is 13.8 Å². The molecule has 0 amide bonds. The Morgan fingerprint density at radius 1 is 0.905 bits per heavy atom. The van der Waals surface area contributed by atoms with Crippen LogP contribution in [-0.4, -0.2) is 11.9 Å². The Morgan fingerprint density at radius 3 is 1.95 bits per heavy atom. The first kappa shape index (κ1) is 15.5. The molecule has 2 nitrogen and oxygen atoms in total. The fraction of sp³-hybridized carbons (Fsp3) is 0.316. The molecule has 0 radical (unpaired) electrons. The van der Waals surface area contributed by atoms with Gasteiger partial charge in [0.25, 0.3) is 0 Å². The number of ether oxygens (including phenoxy) is 1. The molecule has 0 aliphatic carbocycles. The van der Waals surface area contributed by atoms with Crippen LogP contribution in [0.25, 0.3) is 0 Å². The molecule has 0 saturated heterocycles. The van der Waals surface area contributed by atoms with E-state index in [0.717, 1.165) is 18.4 Å². The Hall–Kier alpha value is -1.93. The molecule has 2 rings (SSSR count). The van der Waals surface area contributed by atoms with E-state index in [1.807, 2.05) is 60.7 Å². The average Bonchev–Trinajstić information content (AvgIpc) is 2.57. The summed E-state index contributed by atoms with van der Waals surface area (Å²) in [5, 5.41) is 0. The molecule has 0 bridgehead atoms. The van der Waals surface area contributed by atoms with E-state index in [0.29, 0.717) is 5.56 Å². The molecular formula is C19H22O2. The van der Waals surface area contributed by atoms with Gasteiger partial charge in [-0.2, -0.15) is 0 Å². The van der Waals surface area contributed by atoms with Gasteiger partial charge in [0.2, 0.25) is 0 Å². The van der Waals surface area contributed by atoms with Crippen LogP contribution >= 0.6 is 0 Å². The van der Waals surface area contributed by atoms with Gasteiger partial charge in [-0.05, 0) is 18.4 Å². The monoisotopic (exact) mass is 282 g/mol. The third-order valence-electron chi connectivity index (χ3n) is 3.64. The smallest absolute Gasteiger partial charge is 0.196 e. The second kappa shape index (κ2) is 7.75. The maximum absolute atomic E-state index is 12.8. The molecule has 0 heterocycles. The zero-order chi connectivity index (χ0) is 15.1. The maximum Gasteiger partial charge on any atom is 0.196 e. The predicted octanol–water partition coefficient (Wildman–Crippen LogP) is 4.82. The topological polar surface area (TPSA) is 26.3 Å². The minimum Gasteiger partial charge on any atom is -0.362 e. The summed E-state index contributed by atoms with van der Waals surface area (Å²) in [5.41, 5.74) is 1.61. The SMILES string of the molecule is CCC(CC)OC(C(=O)c1ccccc1)c1ccccc1. The molecule has 2 aromatic rings. The molecule has 1 unspecified atom stereocenters. The maximum atomic E-state index is 12.8. The standard InChI is InChI=1S/C19H22O2/c1-3-17(4-2)21-19(16-13-9-6-10-14-16)18(20)15-11-7-5-8-12-15/h5-14,17,19H,3-4H2,1-2H3. The van der Waals surface area contributed by atoms with Gasteiger partial charge >= 0.3 is 0 Å². The molecule has 0 aromatic heterocycles. The number of rotatable bonds is 7. The van der Waals surface area contributed by atoms with E-state index in [1.165, 1.54) is 0 Å². The van der Waals surface area contributed by atoms with Crippen molar-refractivity contribution in [1.29, 1.82) is 0 Å². The van der Waals surface area contributed by atoms with Crippen LogP contribution in [0.3, 0.4) is 0 Å². The Bertz CT molecular complexity index is 544. The highest BCUT2D eigenvalue weighted by atomic mass is 16.5. The van der Waals surface area contributed by atoms with Crippen molar-refractivity contribution in [3.63, 3.8) is 0 Å².